The number of hydrogen-bond acceptors (Lipinski definition) is 2. The molecular formula is C17H28N2O2. The van der Waals surface area contributed by atoms with Gasteiger partial charge in [-0.2, -0.15) is 0 Å². The van der Waals surface area contributed by atoms with Crippen LogP contribution < -0.4 is 10.6 Å². The smallest absolute Gasteiger partial charge is 0.319 e. The third-order valence-corrected chi connectivity index (χ3v) is 3.61. The first-order chi connectivity index (χ1) is 9.93. The Balaban J connectivity index is 2.53. The minimum atomic E-state index is -0.181. The van der Waals surface area contributed by atoms with Gasteiger partial charge in [-0.3, -0.25) is 0 Å². The molecule has 0 radical (unpaired) electrons. The number of aliphatic hydroxyl groups is 1. The third-order valence-electron chi connectivity index (χ3n) is 3.61. The van der Waals surface area contributed by atoms with Crippen molar-refractivity contribution in [2.45, 2.75) is 40.5 Å². The number of nitrogens with one attached hydrogen (secondary N) is 2. The summed E-state index contributed by atoms with van der Waals surface area (Å²) in [4.78, 5) is 12.0. The Bertz CT molecular complexity index is 438. The van der Waals surface area contributed by atoms with Gasteiger partial charge in [-0.1, -0.05) is 32.0 Å². The zero-order chi connectivity index (χ0) is 15.8. The highest BCUT2D eigenvalue weighted by molar-refractivity contribution is 5.90. The zero-order valence-electron chi connectivity index (χ0n) is 13.6. The van der Waals surface area contributed by atoms with Crippen molar-refractivity contribution in [3.63, 3.8) is 0 Å². The average Bonchev–Trinajstić information content (AvgIpc) is 2.40. The third kappa shape index (κ3) is 6.17. The normalized spacial score (nSPS) is 12.3. The van der Waals surface area contributed by atoms with Crippen LogP contribution in [0.3, 0.4) is 0 Å². The average molecular weight is 292 g/mol. The quantitative estimate of drug-likeness (QED) is 0.720. The predicted octanol–water partition coefficient (Wildman–Crippen LogP) is 3.47. The molecule has 0 bridgehead atoms. The van der Waals surface area contributed by atoms with Crippen LogP contribution in [0.25, 0.3) is 0 Å². The van der Waals surface area contributed by atoms with Gasteiger partial charge in [0.15, 0.2) is 0 Å². The van der Waals surface area contributed by atoms with Crippen molar-refractivity contribution in [3.8, 4) is 0 Å². The second-order valence-corrected chi connectivity index (χ2v) is 6.11. The molecule has 0 fully saturated rings. The Labute approximate surface area is 128 Å². The molecule has 1 aromatic rings. The van der Waals surface area contributed by atoms with Crippen LogP contribution in [0.1, 0.15) is 37.8 Å². The van der Waals surface area contributed by atoms with E-state index in [0.717, 1.165) is 29.7 Å². The number of aryl methyl sites for hydroxylation is 2. The topological polar surface area (TPSA) is 61.4 Å². The number of urea groups is 1. The van der Waals surface area contributed by atoms with Gasteiger partial charge in [0.25, 0.3) is 0 Å². The molecular weight excluding hydrogens is 264 g/mol. The molecule has 118 valence electrons. The Morgan fingerprint density at radius 1 is 1.24 bits per heavy atom. The molecule has 0 aromatic heterocycles. The fourth-order valence-corrected chi connectivity index (χ4v) is 2.56. The zero-order valence-corrected chi connectivity index (χ0v) is 13.6. The van der Waals surface area contributed by atoms with Gasteiger partial charge >= 0.3 is 6.03 Å². The van der Waals surface area contributed by atoms with E-state index in [9.17, 15) is 4.79 Å². The van der Waals surface area contributed by atoms with Crippen LogP contribution in [0.15, 0.2) is 18.2 Å². The highest BCUT2D eigenvalue weighted by Crippen LogP contribution is 2.19. The van der Waals surface area contributed by atoms with E-state index in [1.807, 2.05) is 32.0 Å². The standard InChI is InChI=1S/C17H28N2O2/c1-12(2)10-15(8-9-20)11-18-17(21)19-16-13(3)6-5-7-14(16)4/h5-7,12,15,20H,8-11H2,1-4H3,(H2,18,19,21). The molecule has 3 N–H and O–H groups in total. The van der Waals surface area contributed by atoms with Crippen LogP contribution in [0.5, 0.6) is 0 Å². The van der Waals surface area contributed by atoms with Gasteiger partial charge in [0.05, 0.1) is 0 Å². The van der Waals surface area contributed by atoms with Crippen molar-refractivity contribution < 1.29 is 9.90 Å². The molecule has 1 rings (SSSR count). The van der Waals surface area contributed by atoms with Crippen molar-refractivity contribution in [1.29, 1.82) is 0 Å². The number of para-hydroxylation sites is 1. The lowest BCUT2D eigenvalue weighted by atomic mass is 9.94. The lowest BCUT2D eigenvalue weighted by molar-refractivity contribution is 0.231. The Hall–Kier alpha value is -1.55. The van der Waals surface area contributed by atoms with Gasteiger partial charge in [0, 0.05) is 18.8 Å². The molecule has 0 spiro atoms. The number of carbonyl (C=O) groups is 1. The first-order valence-corrected chi connectivity index (χ1v) is 7.66. The monoisotopic (exact) mass is 292 g/mol. The van der Waals surface area contributed by atoms with Crippen LogP contribution >= 0.6 is 0 Å². The fourth-order valence-electron chi connectivity index (χ4n) is 2.56. The van der Waals surface area contributed by atoms with Crippen molar-refractivity contribution >= 4 is 11.7 Å². The number of amides is 2. The lowest BCUT2D eigenvalue weighted by Gasteiger charge is -2.19. The molecule has 1 unspecified atom stereocenters. The summed E-state index contributed by atoms with van der Waals surface area (Å²) in [5.41, 5.74) is 2.98. The van der Waals surface area contributed by atoms with E-state index < -0.39 is 0 Å². The maximum absolute atomic E-state index is 12.0. The molecule has 2 amide bonds. The van der Waals surface area contributed by atoms with Crippen LogP contribution in [0.2, 0.25) is 0 Å². The van der Waals surface area contributed by atoms with E-state index in [1.54, 1.807) is 0 Å². The highest BCUT2D eigenvalue weighted by atomic mass is 16.3. The van der Waals surface area contributed by atoms with Gasteiger partial charge in [0.2, 0.25) is 0 Å². The van der Waals surface area contributed by atoms with Crippen LogP contribution in [-0.2, 0) is 0 Å². The second kappa shape index (κ2) is 8.67. The molecule has 4 nitrogen and oxygen atoms in total. The first kappa shape index (κ1) is 17.5. The van der Waals surface area contributed by atoms with Crippen LogP contribution in [0.4, 0.5) is 10.5 Å². The summed E-state index contributed by atoms with van der Waals surface area (Å²) in [6, 6.07) is 5.76. The maximum atomic E-state index is 12.0. The van der Waals surface area contributed by atoms with E-state index in [1.165, 1.54) is 0 Å². The Morgan fingerprint density at radius 3 is 2.38 bits per heavy atom. The molecule has 0 saturated carbocycles. The van der Waals surface area contributed by atoms with Gasteiger partial charge < -0.3 is 15.7 Å². The minimum absolute atomic E-state index is 0.164. The summed E-state index contributed by atoms with van der Waals surface area (Å²) >= 11 is 0. The molecule has 0 aliphatic carbocycles. The number of aliphatic hydroxyl groups excluding tert-OH is 1. The second-order valence-electron chi connectivity index (χ2n) is 6.11. The van der Waals surface area contributed by atoms with Crippen molar-refractivity contribution in [1.82, 2.24) is 5.32 Å². The molecule has 0 saturated heterocycles. The summed E-state index contributed by atoms with van der Waals surface area (Å²) in [5, 5.41) is 14.9. The van der Waals surface area contributed by atoms with E-state index in [2.05, 4.69) is 24.5 Å². The van der Waals surface area contributed by atoms with E-state index in [-0.39, 0.29) is 12.6 Å². The predicted molar refractivity (Wildman–Crippen MR) is 87.6 cm³/mol. The number of hydrogen-bond donors (Lipinski definition) is 3. The summed E-state index contributed by atoms with van der Waals surface area (Å²) in [6.45, 7) is 9.03. The van der Waals surface area contributed by atoms with Gasteiger partial charge in [-0.15, -0.1) is 0 Å². The number of anilines is 1. The van der Waals surface area contributed by atoms with E-state index >= 15 is 0 Å². The number of rotatable bonds is 7. The Morgan fingerprint density at radius 2 is 1.86 bits per heavy atom. The molecule has 0 heterocycles. The van der Waals surface area contributed by atoms with Crippen LogP contribution in [0, 0.1) is 25.7 Å². The maximum Gasteiger partial charge on any atom is 0.319 e. The molecule has 0 aliphatic heterocycles. The molecule has 21 heavy (non-hydrogen) atoms. The van der Waals surface area contributed by atoms with Crippen molar-refractivity contribution in [3.05, 3.63) is 29.3 Å². The van der Waals surface area contributed by atoms with E-state index in [0.29, 0.717) is 18.4 Å². The minimum Gasteiger partial charge on any atom is -0.396 e. The SMILES string of the molecule is Cc1cccc(C)c1NC(=O)NCC(CCO)CC(C)C. The Kier molecular flexibility index (Phi) is 7.23. The summed E-state index contributed by atoms with van der Waals surface area (Å²) in [7, 11) is 0. The molecule has 0 aliphatic rings. The summed E-state index contributed by atoms with van der Waals surface area (Å²) in [6.07, 6.45) is 1.73. The lowest BCUT2D eigenvalue weighted by Crippen LogP contribution is -2.34. The first-order valence-electron chi connectivity index (χ1n) is 7.66. The molecule has 1 atom stereocenters. The largest absolute Gasteiger partial charge is 0.396 e. The van der Waals surface area contributed by atoms with Crippen molar-refractivity contribution in [2.24, 2.45) is 11.8 Å². The highest BCUT2D eigenvalue weighted by Gasteiger charge is 2.13. The summed E-state index contributed by atoms with van der Waals surface area (Å²) < 4.78 is 0. The molecule has 4 heteroatoms. The van der Waals surface area contributed by atoms with Gasteiger partial charge in [-0.25, -0.2) is 4.79 Å². The number of benzene rings is 1. The number of carbonyl (C=O) groups excluding carboxylic acids is 1. The molecule has 1 aromatic carbocycles. The van der Waals surface area contributed by atoms with Gasteiger partial charge in [-0.05, 0) is 49.7 Å². The van der Waals surface area contributed by atoms with E-state index in [4.69, 9.17) is 5.11 Å². The van der Waals surface area contributed by atoms with Crippen molar-refractivity contribution in [2.75, 3.05) is 18.5 Å². The fraction of sp³-hybridized carbons (Fsp3) is 0.588. The van der Waals surface area contributed by atoms with Gasteiger partial charge in [0.1, 0.15) is 0 Å². The van der Waals surface area contributed by atoms with Crippen LogP contribution in [-0.4, -0.2) is 24.3 Å². The summed E-state index contributed by atoms with van der Waals surface area (Å²) in [5.74, 6) is 0.878.